The fraction of sp³-hybridized carbons (Fsp3) is 0.0476. The van der Waals surface area contributed by atoms with Crippen molar-refractivity contribution >= 4 is 52.4 Å². The first-order valence-corrected chi connectivity index (χ1v) is 8.93. The van der Waals surface area contributed by atoms with E-state index in [4.69, 9.17) is 11.6 Å². The number of anilines is 1. The zero-order chi connectivity index (χ0) is 19.5. The molecule has 4 aromatic rings. The van der Waals surface area contributed by atoms with E-state index >= 15 is 0 Å². The smallest absolute Gasteiger partial charge is 0.296 e. The number of hydrogen-bond acceptors (Lipinski definition) is 4. The molecule has 0 aliphatic rings. The second-order valence-electron chi connectivity index (χ2n) is 6.19. The number of nitrogens with zero attached hydrogens (tertiary/aromatic N) is 3. The average molecular weight is 427 g/mol. The summed E-state index contributed by atoms with van der Waals surface area (Å²) < 4.78 is 1.85. The number of benzene rings is 1. The Hall–Kier alpha value is -3.22. The number of rotatable bonds is 5. The largest absolute Gasteiger partial charge is 0.327 e. The van der Waals surface area contributed by atoms with Crippen LogP contribution in [0.1, 0.15) is 15.9 Å². The highest BCUT2D eigenvalue weighted by atomic mass is 35.5. The van der Waals surface area contributed by atoms with Gasteiger partial charge >= 0.3 is 0 Å². The lowest BCUT2D eigenvalue weighted by atomic mass is 10.1. The number of aromatic nitrogens is 3. The first-order chi connectivity index (χ1) is 13.6. The highest BCUT2D eigenvalue weighted by Gasteiger charge is 2.22. The maximum absolute atomic E-state index is 12.8. The van der Waals surface area contributed by atoms with E-state index in [2.05, 4.69) is 15.3 Å². The van der Waals surface area contributed by atoms with E-state index in [1.165, 1.54) is 0 Å². The van der Waals surface area contributed by atoms with Crippen molar-refractivity contribution in [2.75, 3.05) is 5.32 Å². The molecule has 0 fully saturated rings. The van der Waals surface area contributed by atoms with Gasteiger partial charge in [-0.3, -0.25) is 14.6 Å². The van der Waals surface area contributed by atoms with E-state index in [1.54, 1.807) is 49.1 Å². The fourth-order valence-corrected chi connectivity index (χ4v) is 3.08. The number of carbonyl (C=O) groups excluding carboxylic acids is 2. The van der Waals surface area contributed by atoms with Gasteiger partial charge in [0.2, 0.25) is 0 Å². The Labute approximate surface area is 178 Å². The van der Waals surface area contributed by atoms with Crippen LogP contribution in [0.2, 0.25) is 5.02 Å². The zero-order valence-corrected chi connectivity index (χ0v) is 16.7. The fourth-order valence-electron chi connectivity index (χ4n) is 2.96. The second-order valence-corrected chi connectivity index (χ2v) is 6.63. The van der Waals surface area contributed by atoms with Gasteiger partial charge in [-0.05, 0) is 42.0 Å². The van der Waals surface area contributed by atoms with Gasteiger partial charge in [-0.25, -0.2) is 4.98 Å². The van der Waals surface area contributed by atoms with Gasteiger partial charge in [-0.2, -0.15) is 0 Å². The maximum atomic E-state index is 12.8. The van der Waals surface area contributed by atoms with Crippen molar-refractivity contribution in [2.24, 2.45) is 0 Å². The SMILES string of the molecule is Cl.O=C(Nc1ccncc1)C(=O)c1cn(Cc2ccc(Cl)cc2)c2ncccc12. The Morgan fingerprint density at radius 2 is 1.72 bits per heavy atom. The van der Waals surface area contributed by atoms with Gasteiger partial charge in [0.25, 0.3) is 11.7 Å². The first-order valence-electron chi connectivity index (χ1n) is 8.56. The van der Waals surface area contributed by atoms with E-state index in [0.29, 0.717) is 33.9 Å². The minimum absolute atomic E-state index is 0. The molecule has 0 aliphatic carbocycles. The summed E-state index contributed by atoms with van der Waals surface area (Å²) in [4.78, 5) is 33.5. The molecule has 29 heavy (non-hydrogen) atoms. The quantitative estimate of drug-likeness (QED) is 0.379. The number of carbonyl (C=O) groups is 2. The van der Waals surface area contributed by atoms with Crippen molar-refractivity contribution in [3.63, 3.8) is 0 Å². The standard InChI is InChI=1S/C21H15ClN4O2.ClH/c22-15-5-3-14(4-6-15)12-26-13-18(17-2-1-9-24-20(17)26)19(27)21(28)25-16-7-10-23-11-8-16;/h1-11,13H,12H2,(H,23,25,28);1H. The van der Waals surface area contributed by atoms with Crippen molar-refractivity contribution in [3.05, 3.63) is 89.5 Å². The lowest BCUT2D eigenvalue weighted by molar-refractivity contribution is -0.112. The normalized spacial score (nSPS) is 10.4. The summed E-state index contributed by atoms with van der Waals surface area (Å²) in [6.07, 6.45) is 6.41. The number of fused-ring (bicyclic) bond motifs is 1. The summed E-state index contributed by atoms with van der Waals surface area (Å²) in [6.45, 7) is 0.504. The molecule has 0 aliphatic heterocycles. The molecule has 3 aromatic heterocycles. The minimum atomic E-state index is -0.708. The molecule has 4 rings (SSSR count). The summed E-state index contributed by atoms with van der Waals surface area (Å²) in [5, 5.41) is 3.88. The zero-order valence-electron chi connectivity index (χ0n) is 15.1. The molecule has 146 valence electrons. The molecule has 3 heterocycles. The molecule has 0 unspecified atom stereocenters. The number of ketones is 1. The molecule has 0 radical (unpaired) electrons. The molecule has 0 atom stereocenters. The molecule has 6 nitrogen and oxygen atoms in total. The number of nitrogens with one attached hydrogen (secondary N) is 1. The Morgan fingerprint density at radius 3 is 2.45 bits per heavy atom. The Balaban J connectivity index is 0.00000240. The first kappa shape index (κ1) is 20.5. The number of hydrogen-bond donors (Lipinski definition) is 1. The van der Waals surface area contributed by atoms with Crippen molar-refractivity contribution in [1.82, 2.24) is 14.5 Å². The Morgan fingerprint density at radius 1 is 1.00 bits per heavy atom. The van der Waals surface area contributed by atoms with Crippen LogP contribution in [-0.2, 0) is 11.3 Å². The van der Waals surface area contributed by atoms with Crippen LogP contribution in [-0.4, -0.2) is 26.2 Å². The van der Waals surface area contributed by atoms with E-state index in [9.17, 15) is 9.59 Å². The van der Waals surface area contributed by atoms with Gasteiger partial charge in [0.1, 0.15) is 5.65 Å². The van der Waals surface area contributed by atoms with Crippen molar-refractivity contribution in [3.8, 4) is 0 Å². The number of pyridine rings is 2. The third-order valence-corrected chi connectivity index (χ3v) is 4.54. The van der Waals surface area contributed by atoms with Crippen LogP contribution in [0.5, 0.6) is 0 Å². The summed E-state index contributed by atoms with van der Waals surface area (Å²) in [7, 11) is 0. The van der Waals surface area contributed by atoms with E-state index in [-0.39, 0.29) is 12.4 Å². The predicted molar refractivity (Wildman–Crippen MR) is 115 cm³/mol. The van der Waals surface area contributed by atoms with Gasteiger partial charge in [0, 0.05) is 47.4 Å². The number of halogens is 2. The van der Waals surface area contributed by atoms with Crippen LogP contribution in [0.3, 0.4) is 0 Å². The summed E-state index contributed by atoms with van der Waals surface area (Å²) in [5.74, 6) is -1.33. The van der Waals surface area contributed by atoms with E-state index in [0.717, 1.165) is 5.56 Å². The highest BCUT2D eigenvalue weighted by Crippen LogP contribution is 2.22. The minimum Gasteiger partial charge on any atom is -0.327 e. The van der Waals surface area contributed by atoms with E-state index < -0.39 is 11.7 Å². The third-order valence-electron chi connectivity index (χ3n) is 4.29. The van der Waals surface area contributed by atoms with Gasteiger partial charge in [0.05, 0.1) is 5.56 Å². The van der Waals surface area contributed by atoms with Crippen LogP contribution < -0.4 is 5.32 Å². The van der Waals surface area contributed by atoms with Crippen LogP contribution in [0.15, 0.2) is 73.3 Å². The maximum Gasteiger partial charge on any atom is 0.296 e. The molecule has 0 spiro atoms. The molecule has 0 saturated carbocycles. The highest BCUT2D eigenvalue weighted by molar-refractivity contribution is 6.48. The lowest BCUT2D eigenvalue weighted by Crippen LogP contribution is -2.22. The van der Waals surface area contributed by atoms with Crippen LogP contribution in [0.25, 0.3) is 11.0 Å². The molecule has 0 saturated heterocycles. The Bertz CT molecular complexity index is 1160. The van der Waals surface area contributed by atoms with Gasteiger partial charge < -0.3 is 9.88 Å². The molecule has 1 amide bonds. The Kier molecular flexibility index (Phi) is 6.26. The lowest BCUT2D eigenvalue weighted by Gasteiger charge is -2.05. The average Bonchev–Trinajstić information content (AvgIpc) is 3.08. The molecule has 0 bridgehead atoms. The molecule has 1 N–H and O–H groups in total. The molecular weight excluding hydrogens is 411 g/mol. The predicted octanol–water partition coefficient (Wildman–Crippen LogP) is 4.38. The van der Waals surface area contributed by atoms with Crippen molar-refractivity contribution in [1.29, 1.82) is 0 Å². The summed E-state index contributed by atoms with van der Waals surface area (Å²) in [6, 6.07) is 14.2. The topological polar surface area (TPSA) is 76.9 Å². The van der Waals surface area contributed by atoms with Gasteiger partial charge in [0.15, 0.2) is 0 Å². The third kappa shape index (κ3) is 4.45. The monoisotopic (exact) mass is 426 g/mol. The molecule has 1 aromatic carbocycles. The van der Waals surface area contributed by atoms with E-state index in [1.807, 2.05) is 28.8 Å². The van der Waals surface area contributed by atoms with Gasteiger partial charge in [-0.1, -0.05) is 23.7 Å². The van der Waals surface area contributed by atoms with Crippen LogP contribution in [0.4, 0.5) is 5.69 Å². The van der Waals surface area contributed by atoms with Crippen LogP contribution in [0, 0.1) is 0 Å². The second kappa shape index (κ2) is 8.86. The van der Waals surface area contributed by atoms with Crippen LogP contribution >= 0.6 is 24.0 Å². The van der Waals surface area contributed by atoms with Gasteiger partial charge in [-0.15, -0.1) is 12.4 Å². The van der Waals surface area contributed by atoms with Crippen molar-refractivity contribution < 1.29 is 9.59 Å². The molecule has 8 heteroatoms. The number of amides is 1. The van der Waals surface area contributed by atoms with Crippen molar-refractivity contribution in [2.45, 2.75) is 6.54 Å². The summed E-state index contributed by atoms with van der Waals surface area (Å²) in [5.41, 5.74) is 2.46. The number of Topliss-reactive ketones (excluding diaryl/α,β-unsaturated/α-hetero) is 1. The summed E-state index contributed by atoms with van der Waals surface area (Å²) >= 11 is 5.94. The molecular formula is C21H16Cl2N4O2.